The SMILES string of the molecule is CN(CC(=O)Nc1ccc(OC(F)(F)F)cc1)C(=O)CCNC(N)=O. The number of primary amides is 1. The topological polar surface area (TPSA) is 114 Å². The van der Waals surface area contributed by atoms with Crippen molar-refractivity contribution < 1.29 is 32.3 Å². The van der Waals surface area contributed by atoms with E-state index in [1.165, 1.54) is 19.2 Å². The largest absolute Gasteiger partial charge is 0.573 e. The maximum atomic E-state index is 12.0. The van der Waals surface area contributed by atoms with Crippen LogP contribution in [0.5, 0.6) is 5.75 Å². The van der Waals surface area contributed by atoms with Crippen molar-refractivity contribution in [2.75, 3.05) is 25.5 Å². The number of hydrogen-bond acceptors (Lipinski definition) is 4. The Balaban J connectivity index is 2.45. The highest BCUT2D eigenvalue weighted by Gasteiger charge is 2.30. The number of hydrogen-bond donors (Lipinski definition) is 3. The van der Waals surface area contributed by atoms with Crippen LogP contribution in [0.3, 0.4) is 0 Å². The van der Waals surface area contributed by atoms with E-state index < -0.39 is 30.0 Å². The number of rotatable bonds is 7. The first-order valence-electron chi connectivity index (χ1n) is 7.00. The number of alkyl halides is 3. The van der Waals surface area contributed by atoms with E-state index >= 15 is 0 Å². The van der Waals surface area contributed by atoms with Gasteiger partial charge in [0.2, 0.25) is 11.8 Å². The standard InChI is InChI=1S/C14H17F3N4O4/c1-21(12(23)6-7-19-13(18)24)8-11(22)20-9-2-4-10(5-3-9)25-14(15,16)17/h2-5H,6-8H2,1H3,(H,20,22)(H3,18,19,24). The van der Waals surface area contributed by atoms with Crippen molar-refractivity contribution in [3.8, 4) is 5.75 Å². The first-order chi connectivity index (χ1) is 11.6. The molecule has 0 fully saturated rings. The molecule has 0 radical (unpaired) electrons. The second-order valence-electron chi connectivity index (χ2n) is 4.91. The summed E-state index contributed by atoms with van der Waals surface area (Å²) < 4.78 is 39.8. The number of nitrogens with zero attached hydrogens (tertiary/aromatic N) is 1. The molecule has 0 heterocycles. The summed E-state index contributed by atoms with van der Waals surface area (Å²) in [5.41, 5.74) is 5.10. The van der Waals surface area contributed by atoms with Crippen LogP contribution in [0.1, 0.15) is 6.42 Å². The van der Waals surface area contributed by atoms with Gasteiger partial charge in [-0.05, 0) is 24.3 Å². The smallest absolute Gasteiger partial charge is 0.406 e. The molecule has 0 aliphatic heterocycles. The van der Waals surface area contributed by atoms with E-state index in [2.05, 4.69) is 15.4 Å². The molecular formula is C14H17F3N4O4. The van der Waals surface area contributed by atoms with Gasteiger partial charge in [-0.2, -0.15) is 0 Å². The number of ether oxygens (including phenoxy) is 1. The quantitative estimate of drug-likeness (QED) is 0.672. The molecule has 4 N–H and O–H groups in total. The third-order valence-corrected chi connectivity index (χ3v) is 2.82. The highest BCUT2D eigenvalue weighted by molar-refractivity contribution is 5.94. The monoisotopic (exact) mass is 362 g/mol. The van der Waals surface area contributed by atoms with Crippen LogP contribution in [0.25, 0.3) is 0 Å². The van der Waals surface area contributed by atoms with Gasteiger partial charge in [0.1, 0.15) is 5.75 Å². The van der Waals surface area contributed by atoms with Gasteiger partial charge < -0.3 is 26.0 Å². The Labute approximate surface area is 141 Å². The molecule has 25 heavy (non-hydrogen) atoms. The zero-order chi connectivity index (χ0) is 19.0. The lowest BCUT2D eigenvalue weighted by Gasteiger charge is -2.17. The molecule has 8 nitrogen and oxygen atoms in total. The summed E-state index contributed by atoms with van der Waals surface area (Å²) in [7, 11) is 1.40. The average molecular weight is 362 g/mol. The maximum Gasteiger partial charge on any atom is 0.573 e. The predicted molar refractivity (Wildman–Crippen MR) is 81.6 cm³/mol. The number of amides is 4. The number of benzene rings is 1. The summed E-state index contributed by atoms with van der Waals surface area (Å²) in [5, 5.41) is 4.68. The van der Waals surface area contributed by atoms with Gasteiger partial charge in [0.25, 0.3) is 0 Å². The molecule has 1 aromatic carbocycles. The number of carbonyl (C=O) groups is 3. The van der Waals surface area contributed by atoms with Crippen LogP contribution in [-0.2, 0) is 9.59 Å². The summed E-state index contributed by atoms with van der Waals surface area (Å²) in [4.78, 5) is 35.2. The van der Waals surface area contributed by atoms with Crippen LogP contribution in [0.15, 0.2) is 24.3 Å². The summed E-state index contributed by atoms with van der Waals surface area (Å²) in [6.07, 6.45) is -4.83. The summed E-state index contributed by atoms with van der Waals surface area (Å²) in [6.45, 7) is -0.225. The lowest BCUT2D eigenvalue weighted by Crippen LogP contribution is -2.38. The van der Waals surface area contributed by atoms with E-state index in [0.717, 1.165) is 17.0 Å². The molecule has 0 saturated carbocycles. The van der Waals surface area contributed by atoms with Crippen molar-refractivity contribution in [1.29, 1.82) is 0 Å². The number of nitrogens with one attached hydrogen (secondary N) is 2. The number of likely N-dealkylation sites (N-methyl/N-ethyl adjacent to an activating group) is 1. The van der Waals surface area contributed by atoms with Crippen LogP contribution in [0.2, 0.25) is 0 Å². The Morgan fingerprint density at radius 1 is 1.20 bits per heavy atom. The number of halogens is 3. The molecule has 0 atom stereocenters. The molecule has 11 heteroatoms. The van der Waals surface area contributed by atoms with Gasteiger partial charge in [-0.1, -0.05) is 0 Å². The fraction of sp³-hybridized carbons (Fsp3) is 0.357. The van der Waals surface area contributed by atoms with E-state index in [4.69, 9.17) is 5.73 Å². The molecular weight excluding hydrogens is 345 g/mol. The Morgan fingerprint density at radius 2 is 1.80 bits per heavy atom. The van der Waals surface area contributed by atoms with Gasteiger partial charge in [0.05, 0.1) is 6.54 Å². The molecule has 0 saturated heterocycles. The number of carbonyl (C=O) groups excluding carboxylic acids is 3. The van der Waals surface area contributed by atoms with E-state index in [1.807, 2.05) is 0 Å². The van der Waals surface area contributed by atoms with Gasteiger partial charge in [-0.15, -0.1) is 13.2 Å². The zero-order valence-electron chi connectivity index (χ0n) is 13.2. The third kappa shape index (κ3) is 8.44. The first-order valence-corrected chi connectivity index (χ1v) is 7.00. The molecule has 138 valence electrons. The van der Waals surface area contributed by atoms with Crippen LogP contribution in [0, 0.1) is 0 Å². The van der Waals surface area contributed by atoms with Gasteiger partial charge in [-0.25, -0.2) is 4.79 Å². The van der Waals surface area contributed by atoms with E-state index in [9.17, 15) is 27.6 Å². The average Bonchev–Trinajstić information content (AvgIpc) is 2.47. The van der Waals surface area contributed by atoms with Crippen molar-refractivity contribution in [2.24, 2.45) is 5.73 Å². The Morgan fingerprint density at radius 3 is 2.32 bits per heavy atom. The number of anilines is 1. The van der Waals surface area contributed by atoms with Crippen molar-refractivity contribution >= 4 is 23.5 Å². The number of nitrogens with two attached hydrogens (primary N) is 1. The molecule has 4 amide bonds. The highest BCUT2D eigenvalue weighted by atomic mass is 19.4. The predicted octanol–water partition coefficient (Wildman–Crippen LogP) is 1.04. The van der Waals surface area contributed by atoms with Crippen LogP contribution in [-0.4, -0.2) is 49.2 Å². The molecule has 0 aromatic heterocycles. The highest BCUT2D eigenvalue weighted by Crippen LogP contribution is 2.23. The van der Waals surface area contributed by atoms with E-state index in [-0.39, 0.29) is 25.2 Å². The molecule has 0 unspecified atom stereocenters. The molecule has 0 aliphatic carbocycles. The van der Waals surface area contributed by atoms with Gasteiger partial charge in [0.15, 0.2) is 0 Å². The molecule has 1 aromatic rings. The van der Waals surface area contributed by atoms with Crippen molar-refractivity contribution in [2.45, 2.75) is 12.8 Å². The summed E-state index contributed by atoms with van der Waals surface area (Å²) in [5.74, 6) is -1.35. The third-order valence-electron chi connectivity index (χ3n) is 2.82. The normalized spacial score (nSPS) is 10.7. The number of urea groups is 1. The van der Waals surface area contributed by atoms with E-state index in [1.54, 1.807) is 0 Å². The van der Waals surface area contributed by atoms with Crippen molar-refractivity contribution in [1.82, 2.24) is 10.2 Å². The summed E-state index contributed by atoms with van der Waals surface area (Å²) >= 11 is 0. The minimum absolute atomic E-state index is 0.0315. The van der Waals surface area contributed by atoms with Gasteiger partial charge in [0, 0.05) is 25.7 Å². The zero-order valence-corrected chi connectivity index (χ0v) is 13.2. The maximum absolute atomic E-state index is 12.0. The lowest BCUT2D eigenvalue weighted by molar-refractivity contribution is -0.274. The fourth-order valence-corrected chi connectivity index (χ4v) is 1.73. The van der Waals surface area contributed by atoms with Gasteiger partial charge in [-0.3, -0.25) is 9.59 Å². The van der Waals surface area contributed by atoms with Crippen LogP contribution < -0.4 is 21.1 Å². The molecule has 0 spiro atoms. The second-order valence-corrected chi connectivity index (χ2v) is 4.91. The van der Waals surface area contributed by atoms with Crippen LogP contribution in [0.4, 0.5) is 23.7 Å². The second kappa shape index (κ2) is 8.76. The Bertz CT molecular complexity index is 619. The fourth-order valence-electron chi connectivity index (χ4n) is 1.73. The molecule has 0 aliphatic rings. The van der Waals surface area contributed by atoms with Crippen molar-refractivity contribution in [3.05, 3.63) is 24.3 Å². The van der Waals surface area contributed by atoms with E-state index in [0.29, 0.717) is 0 Å². The van der Waals surface area contributed by atoms with Gasteiger partial charge >= 0.3 is 12.4 Å². The first kappa shape index (κ1) is 20.1. The Kier molecular flexibility index (Phi) is 7.03. The molecule has 1 rings (SSSR count). The Hall–Kier alpha value is -2.98. The molecule has 0 bridgehead atoms. The van der Waals surface area contributed by atoms with Crippen LogP contribution >= 0.6 is 0 Å². The lowest BCUT2D eigenvalue weighted by atomic mass is 10.3. The minimum atomic E-state index is -4.79. The summed E-state index contributed by atoms with van der Waals surface area (Å²) in [6, 6.07) is 3.81. The van der Waals surface area contributed by atoms with Crippen molar-refractivity contribution in [3.63, 3.8) is 0 Å². The minimum Gasteiger partial charge on any atom is -0.406 e.